The molecule has 1 heterocycles. The van der Waals surface area contributed by atoms with Crippen molar-refractivity contribution in [3.8, 4) is 0 Å². The molecular formula is C20H34N2O7S. The van der Waals surface area contributed by atoms with E-state index in [9.17, 15) is 19.5 Å². The molecule has 1 aliphatic heterocycles. The number of carbonyl (C=O) groups is 3. The summed E-state index contributed by atoms with van der Waals surface area (Å²) in [6.45, 7) is 13.3. The maximum absolute atomic E-state index is 12.8. The molecule has 0 bridgehead atoms. The summed E-state index contributed by atoms with van der Waals surface area (Å²) in [5.41, 5.74) is -3.00. The molecule has 0 spiro atoms. The normalized spacial score (nSPS) is 20.9. The van der Waals surface area contributed by atoms with Crippen molar-refractivity contribution in [2.24, 2.45) is 0 Å². The van der Waals surface area contributed by atoms with E-state index in [0.29, 0.717) is 6.54 Å². The number of esters is 1. The smallest absolute Gasteiger partial charge is 0.407 e. The predicted octanol–water partition coefficient (Wildman–Crippen LogP) is 1.95. The van der Waals surface area contributed by atoms with Crippen LogP contribution < -0.4 is 10.6 Å². The van der Waals surface area contributed by atoms with Crippen LogP contribution in [0.15, 0.2) is 12.7 Å². The largest absolute Gasteiger partial charge is 0.479 e. The van der Waals surface area contributed by atoms with Gasteiger partial charge in [0.15, 0.2) is 0 Å². The van der Waals surface area contributed by atoms with Crippen molar-refractivity contribution in [3.63, 3.8) is 0 Å². The summed E-state index contributed by atoms with van der Waals surface area (Å²) in [5.74, 6) is -1.65. The van der Waals surface area contributed by atoms with Gasteiger partial charge >= 0.3 is 18.0 Å². The molecule has 1 amide bonds. The molecule has 1 saturated heterocycles. The van der Waals surface area contributed by atoms with Crippen LogP contribution in [0.3, 0.4) is 0 Å². The van der Waals surface area contributed by atoms with Gasteiger partial charge in [0, 0.05) is 36.6 Å². The number of ether oxygens (including phenoxy) is 3. The van der Waals surface area contributed by atoms with Crippen molar-refractivity contribution in [3.05, 3.63) is 12.7 Å². The van der Waals surface area contributed by atoms with Crippen molar-refractivity contribution >= 4 is 29.8 Å². The summed E-state index contributed by atoms with van der Waals surface area (Å²) in [6.07, 6.45) is -0.248. The average molecular weight is 447 g/mol. The molecule has 4 unspecified atom stereocenters. The SMILES string of the molecule is C=CCOC(=O)C(CC(C)NC(=O)OC(C)(C)C)(OC(C)C1CNCCS1)C(=O)O. The van der Waals surface area contributed by atoms with Gasteiger partial charge in [0.1, 0.15) is 12.2 Å². The minimum atomic E-state index is -2.28. The zero-order chi connectivity index (χ0) is 22.9. The van der Waals surface area contributed by atoms with E-state index in [-0.39, 0.29) is 18.3 Å². The molecule has 3 N–H and O–H groups in total. The number of amides is 1. The fourth-order valence-electron chi connectivity index (χ4n) is 2.93. The summed E-state index contributed by atoms with van der Waals surface area (Å²) < 4.78 is 16.2. The van der Waals surface area contributed by atoms with Gasteiger partial charge in [-0.1, -0.05) is 12.7 Å². The minimum Gasteiger partial charge on any atom is -0.479 e. The Bertz CT molecular complexity index is 617. The highest BCUT2D eigenvalue weighted by Crippen LogP contribution is 2.28. The zero-order valence-electron chi connectivity index (χ0n) is 18.4. The van der Waals surface area contributed by atoms with Crippen LogP contribution in [0.5, 0.6) is 0 Å². The number of carboxylic acids is 1. The van der Waals surface area contributed by atoms with Crippen LogP contribution in [-0.4, -0.2) is 77.2 Å². The van der Waals surface area contributed by atoms with Crippen LogP contribution in [0.2, 0.25) is 0 Å². The topological polar surface area (TPSA) is 123 Å². The number of aliphatic carboxylic acids is 1. The second-order valence-corrected chi connectivity index (χ2v) is 9.55. The third-order valence-corrected chi connectivity index (χ3v) is 5.65. The van der Waals surface area contributed by atoms with Crippen molar-refractivity contribution < 1.29 is 33.7 Å². The summed E-state index contributed by atoms with van der Waals surface area (Å²) in [5, 5.41) is 15.8. The van der Waals surface area contributed by atoms with E-state index in [1.807, 2.05) is 0 Å². The Morgan fingerprint density at radius 3 is 2.50 bits per heavy atom. The Balaban J connectivity index is 3.04. The lowest BCUT2D eigenvalue weighted by atomic mass is 9.94. The molecule has 4 atom stereocenters. The standard InChI is InChI=1S/C20H34N2O7S/c1-7-9-27-17(25)20(16(23)24,28-14(3)15-12-21-8-10-30-15)11-13(2)22-18(26)29-19(4,5)6/h7,13-15,21H,1,8-12H2,2-6H3,(H,22,26)(H,23,24). The van der Waals surface area contributed by atoms with Crippen LogP contribution in [0, 0.1) is 0 Å². The van der Waals surface area contributed by atoms with Crippen LogP contribution in [0.25, 0.3) is 0 Å². The number of carboxylic acid groups (broad SMARTS) is 1. The Morgan fingerprint density at radius 1 is 1.33 bits per heavy atom. The zero-order valence-corrected chi connectivity index (χ0v) is 19.2. The predicted molar refractivity (Wildman–Crippen MR) is 115 cm³/mol. The van der Waals surface area contributed by atoms with Gasteiger partial charge in [-0.3, -0.25) is 0 Å². The molecular weight excluding hydrogens is 412 g/mol. The molecule has 10 heteroatoms. The molecule has 0 aliphatic carbocycles. The van der Waals surface area contributed by atoms with Crippen LogP contribution in [0.1, 0.15) is 41.0 Å². The molecule has 9 nitrogen and oxygen atoms in total. The van der Waals surface area contributed by atoms with Crippen molar-refractivity contribution in [2.45, 2.75) is 69.6 Å². The lowest BCUT2D eigenvalue weighted by Gasteiger charge is -2.36. The molecule has 30 heavy (non-hydrogen) atoms. The second kappa shape index (κ2) is 11.6. The molecule has 0 saturated carbocycles. The van der Waals surface area contributed by atoms with Gasteiger partial charge in [-0.25, -0.2) is 14.4 Å². The van der Waals surface area contributed by atoms with Crippen molar-refractivity contribution in [2.75, 3.05) is 25.4 Å². The highest BCUT2D eigenvalue weighted by molar-refractivity contribution is 8.00. The highest BCUT2D eigenvalue weighted by atomic mass is 32.2. The second-order valence-electron chi connectivity index (χ2n) is 8.21. The average Bonchev–Trinajstić information content (AvgIpc) is 2.64. The number of carbonyl (C=O) groups excluding carboxylic acids is 2. The number of hydrogen-bond acceptors (Lipinski definition) is 8. The Labute approximate surface area is 182 Å². The first-order chi connectivity index (χ1) is 13.9. The maximum atomic E-state index is 12.8. The first-order valence-electron chi connectivity index (χ1n) is 9.92. The Kier molecular flexibility index (Phi) is 10.1. The minimum absolute atomic E-state index is 0.0289. The van der Waals surface area contributed by atoms with Crippen LogP contribution in [0.4, 0.5) is 4.79 Å². The maximum Gasteiger partial charge on any atom is 0.407 e. The van der Waals surface area contributed by atoms with Gasteiger partial charge in [-0.2, -0.15) is 11.8 Å². The van der Waals surface area contributed by atoms with E-state index in [1.54, 1.807) is 46.4 Å². The molecule has 1 aliphatic rings. The van der Waals surface area contributed by atoms with Gasteiger partial charge < -0.3 is 30.0 Å². The van der Waals surface area contributed by atoms with Crippen LogP contribution in [-0.2, 0) is 23.8 Å². The quantitative estimate of drug-likeness (QED) is 0.262. The third kappa shape index (κ3) is 8.16. The first kappa shape index (κ1) is 26.3. The third-order valence-electron chi connectivity index (χ3n) is 4.23. The molecule has 1 fully saturated rings. The molecule has 172 valence electrons. The number of alkyl carbamates (subject to hydrolysis) is 1. The van der Waals surface area contributed by atoms with E-state index in [0.717, 1.165) is 12.3 Å². The van der Waals surface area contributed by atoms with Gasteiger partial charge in [-0.15, -0.1) is 0 Å². The Morgan fingerprint density at radius 2 is 2.00 bits per heavy atom. The van der Waals surface area contributed by atoms with Gasteiger partial charge in [0.25, 0.3) is 5.60 Å². The lowest BCUT2D eigenvalue weighted by Crippen LogP contribution is -2.57. The fourth-order valence-corrected chi connectivity index (χ4v) is 4.05. The molecule has 0 aromatic rings. The van der Waals surface area contributed by atoms with Crippen LogP contribution >= 0.6 is 11.8 Å². The molecule has 0 radical (unpaired) electrons. The van der Waals surface area contributed by atoms with Crippen molar-refractivity contribution in [1.82, 2.24) is 10.6 Å². The summed E-state index contributed by atoms with van der Waals surface area (Å²) in [6, 6.07) is -0.739. The Hall–Kier alpha value is -1.78. The lowest BCUT2D eigenvalue weighted by molar-refractivity contribution is -0.195. The molecule has 0 aromatic carbocycles. The van der Waals surface area contributed by atoms with Gasteiger partial charge in [0.05, 0.1) is 6.10 Å². The van der Waals surface area contributed by atoms with E-state index < -0.39 is 41.4 Å². The van der Waals surface area contributed by atoms with Gasteiger partial charge in [0.2, 0.25) is 0 Å². The van der Waals surface area contributed by atoms with E-state index in [1.165, 1.54) is 6.08 Å². The summed E-state index contributed by atoms with van der Waals surface area (Å²) in [7, 11) is 0. The summed E-state index contributed by atoms with van der Waals surface area (Å²) in [4.78, 5) is 37.1. The number of thioether (sulfide) groups is 1. The van der Waals surface area contributed by atoms with E-state index in [4.69, 9.17) is 14.2 Å². The van der Waals surface area contributed by atoms with Gasteiger partial charge in [-0.05, 0) is 34.6 Å². The first-order valence-corrected chi connectivity index (χ1v) is 11.0. The molecule has 0 aromatic heterocycles. The molecule has 1 rings (SSSR count). The van der Waals surface area contributed by atoms with E-state index >= 15 is 0 Å². The monoisotopic (exact) mass is 446 g/mol. The fraction of sp³-hybridized carbons (Fsp3) is 0.750. The number of nitrogens with one attached hydrogen (secondary N) is 2. The van der Waals surface area contributed by atoms with Crippen molar-refractivity contribution in [1.29, 1.82) is 0 Å². The summed E-state index contributed by atoms with van der Waals surface area (Å²) >= 11 is 1.65. The highest BCUT2D eigenvalue weighted by Gasteiger charge is 2.52. The number of hydrogen-bond donors (Lipinski definition) is 3. The number of rotatable bonds is 10. The van der Waals surface area contributed by atoms with E-state index in [2.05, 4.69) is 17.2 Å².